The minimum atomic E-state index is -1.56. The number of anilines is 2. The van der Waals surface area contributed by atoms with Crippen LogP contribution in [0.15, 0.2) is 72.8 Å². The molecule has 22 N–H and O–H groups in total. The quantitative estimate of drug-likeness (QED) is 0.0173. The molecule has 31 heteroatoms. The van der Waals surface area contributed by atoms with Crippen molar-refractivity contribution in [1.82, 2.24) is 36.0 Å². The topological polar surface area (TPSA) is 450 Å². The number of nitrogens with one attached hydrogen (secondary N) is 6. The molecule has 0 fully saturated rings. The fourth-order valence-electron chi connectivity index (χ4n) is 9.28. The average molecular weight is 1660 g/mol. The highest BCUT2D eigenvalue weighted by atomic mass is 16.4. The zero-order valence-corrected chi connectivity index (χ0v) is 77.8. The Labute approximate surface area is 713 Å². The van der Waals surface area contributed by atoms with Gasteiger partial charge in [0.1, 0.15) is 0 Å². The normalized spacial score (nSPS) is 12.1. The lowest BCUT2D eigenvalue weighted by Gasteiger charge is -2.22. The van der Waals surface area contributed by atoms with E-state index in [4.69, 9.17) is 22.9 Å². The zero-order chi connectivity index (χ0) is 92.0. The first-order valence-corrected chi connectivity index (χ1v) is 42.3. The molecular formula is C87H163B4N13O14. The fourth-order valence-corrected chi connectivity index (χ4v) is 9.28. The highest BCUT2D eigenvalue weighted by Gasteiger charge is 2.30. The van der Waals surface area contributed by atoms with Crippen molar-refractivity contribution in [3.05, 3.63) is 106 Å². The molecule has 0 saturated heterocycles. The molecule has 118 heavy (non-hydrogen) atoms. The van der Waals surface area contributed by atoms with Gasteiger partial charge in [-0.15, -0.1) is 0 Å². The van der Waals surface area contributed by atoms with Crippen LogP contribution in [-0.2, 0) is 45.2 Å². The van der Waals surface area contributed by atoms with Crippen molar-refractivity contribution in [2.24, 2.45) is 68.3 Å². The maximum absolute atomic E-state index is 12.2. The predicted molar refractivity (Wildman–Crippen MR) is 494 cm³/mol. The first kappa shape index (κ1) is 118. The van der Waals surface area contributed by atoms with E-state index in [1.165, 1.54) is 12.8 Å². The second-order valence-electron chi connectivity index (χ2n) is 33.8. The summed E-state index contributed by atoms with van der Waals surface area (Å²) in [6, 6.07) is 20.3. The van der Waals surface area contributed by atoms with E-state index in [-0.39, 0.29) is 46.3 Å². The first-order valence-electron chi connectivity index (χ1n) is 42.3. The van der Waals surface area contributed by atoms with Crippen molar-refractivity contribution in [2.75, 3.05) is 105 Å². The number of hydrogen-bond acceptors (Lipinski definition) is 21. The Morgan fingerprint density at radius 3 is 0.975 bits per heavy atom. The molecule has 672 valence electrons. The summed E-state index contributed by atoms with van der Waals surface area (Å²) >= 11 is 0. The van der Waals surface area contributed by atoms with Crippen LogP contribution in [0.5, 0.6) is 0 Å². The third-order valence-corrected chi connectivity index (χ3v) is 20.7. The second-order valence-corrected chi connectivity index (χ2v) is 33.8. The predicted octanol–water partition coefficient (Wildman–Crippen LogP) is 6.27. The van der Waals surface area contributed by atoms with Gasteiger partial charge in [-0.25, -0.2) is 0 Å². The van der Waals surface area contributed by atoms with Gasteiger partial charge >= 0.3 is 28.5 Å². The second kappa shape index (κ2) is 63.3. The van der Waals surface area contributed by atoms with E-state index < -0.39 is 39.3 Å². The lowest BCUT2D eigenvalue weighted by Crippen LogP contribution is -2.37. The van der Waals surface area contributed by atoms with Gasteiger partial charge in [-0.05, 0) is 230 Å². The number of aryl methyl sites for hydroxylation is 1. The summed E-state index contributed by atoms with van der Waals surface area (Å²) < 4.78 is 0. The molecule has 4 unspecified atom stereocenters. The number of hydrogen-bond donors (Lipinski definition) is 18. The minimum Gasteiger partial charge on any atom is -0.423 e. The Balaban J connectivity index is -0.000000649. The van der Waals surface area contributed by atoms with Crippen molar-refractivity contribution >= 4 is 97.1 Å². The smallest absolute Gasteiger partial charge is 0.423 e. The maximum Gasteiger partial charge on any atom is 0.488 e. The van der Waals surface area contributed by atoms with Crippen LogP contribution in [0, 0.1) is 45.3 Å². The number of nitrogens with two attached hydrogens (primary N) is 4. The number of carbonyl (C=O) groups is 6. The van der Waals surface area contributed by atoms with Crippen LogP contribution < -0.4 is 76.7 Å². The van der Waals surface area contributed by atoms with Gasteiger partial charge in [0.05, 0.1) is 0 Å². The molecule has 0 spiro atoms. The summed E-state index contributed by atoms with van der Waals surface area (Å²) in [6.45, 7) is 49.5. The molecule has 6 amide bonds. The van der Waals surface area contributed by atoms with E-state index in [0.29, 0.717) is 133 Å². The van der Waals surface area contributed by atoms with Gasteiger partial charge in [-0.1, -0.05) is 195 Å². The maximum atomic E-state index is 12.2. The number of nitrogens with zero attached hydrogens (tertiary/aromatic N) is 3. The monoisotopic (exact) mass is 1660 g/mol. The van der Waals surface area contributed by atoms with E-state index in [1.807, 2.05) is 153 Å². The molecular weight excluding hydrogens is 1490 g/mol. The molecule has 0 aliphatic heterocycles. The summed E-state index contributed by atoms with van der Waals surface area (Å²) in [5.74, 6) is 2.11. The average Bonchev–Trinajstić information content (AvgIpc) is 0.845. The summed E-state index contributed by atoms with van der Waals surface area (Å²) in [6.07, 6.45) is 10.0. The van der Waals surface area contributed by atoms with Crippen LogP contribution in [0.4, 0.5) is 11.4 Å². The van der Waals surface area contributed by atoms with E-state index in [2.05, 4.69) is 87.3 Å². The molecule has 0 heterocycles. The minimum absolute atomic E-state index is 0.0434. The molecule has 4 aromatic rings. The van der Waals surface area contributed by atoms with Gasteiger partial charge in [0.2, 0.25) is 23.6 Å². The summed E-state index contributed by atoms with van der Waals surface area (Å²) in [5, 5.41) is 92.4. The highest BCUT2D eigenvalue weighted by Crippen LogP contribution is 2.25. The Morgan fingerprint density at radius 2 is 0.661 bits per heavy atom. The molecule has 4 atom stereocenters. The van der Waals surface area contributed by atoms with E-state index in [1.54, 1.807) is 66.7 Å². The molecule has 27 nitrogen and oxygen atoms in total. The Morgan fingerprint density at radius 1 is 0.364 bits per heavy atom. The number of rotatable bonds is 39. The summed E-state index contributed by atoms with van der Waals surface area (Å²) in [5.41, 5.74) is 26.9. The van der Waals surface area contributed by atoms with E-state index in [9.17, 15) is 69.0 Å². The SMILES string of the molecule is CCC(C)(C)C(=O)NCCCN.CCC(C)(C)C(=O)NCCCN.CCC(C)(C)C(=O)Nc1ccc(B(O)O)c(CN(C)C)c1.CCC(C)(C)C(=O)Nc1ccc(CN(C)C)c(B(O)O)c1.CCC(C)CN.CCC(C)CN.CCC(C)CNC(=O)c1ccc(B(O)O)c(CN(C)C)c1.CCc1ccc(C(=O)NCC(C)CC)cc1B(O)O. The van der Waals surface area contributed by atoms with Crippen LogP contribution in [0.1, 0.15) is 253 Å². The van der Waals surface area contributed by atoms with Gasteiger partial charge in [-0.3, -0.25) is 28.8 Å². The van der Waals surface area contributed by atoms with Crippen molar-refractivity contribution in [3.8, 4) is 0 Å². The molecule has 4 aromatic carbocycles. The number of carbonyl (C=O) groups excluding carboxylic acids is 6. The molecule has 0 aromatic heterocycles. The Bertz CT molecular complexity index is 3390. The van der Waals surface area contributed by atoms with Crippen molar-refractivity contribution in [1.29, 1.82) is 0 Å². The molecule has 0 aliphatic rings. The van der Waals surface area contributed by atoms with Crippen molar-refractivity contribution < 1.29 is 69.0 Å². The van der Waals surface area contributed by atoms with Crippen LogP contribution in [0.25, 0.3) is 0 Å². The standard InChI is InChI=1S/3C15H25BN2O3.C14H22BNO3.2C9H20N2O.2C5H13N/c1-6-15(2,3)14(19)17-12-7-8-13(16(20)21)11(9-12)10-18(4)5;1-6-15(2,3)14(19)17-12-8-7-11(10-18(4)5)13(9-12)16(20)21;1-5-11(2)9-17-15(19)12-6-7-14(16(20)21)13(8-12)10-18(3)4;1-4-10(3)9-16-14(17)12-7-6-11(5-2)13(8-12)15(18)19;2*1-4-9(2,3)8(12)11-7-5-6-10;2*1-3-5(2)4-6/h2*7-9,20-21H,6,10H2,1-5H3,(H,17,19);6-8,11,20-21H,5,9-10H2,1-4H3,(H,17,19);6-8,10,18-19H,4-5,9H2,1-3H3,(H,16,17);2*4-7,10H2,1-3H3,(H,11,12);2*5H,3-4,6H2,1-2H3. The van der Waals surface area contributed by atoms with Crippen molar-refractivity contribution in [2.45, 2.75) is 236 Å². The van der Waals surface area contributed by atoms with E-state index in [0.717, 1.165) is 86.7 Å². The molecule has 0 saturated carbocycles. The first-order chi connectivity index (χ1) is 54.9. The van der Waals surface area contributed by atoms with Crippen LogP contribution in [-0.4, -0.2) is 213 Å². The Hall–Kier alpha value is -6.64. The molecule has 0 bridgehead atoms. The summed E-state index contributed by atoms with van der Waals surface area (Å²) in [7, 11) is 5.26. The van der Waals surface area contributed by atoms with Crippen LogP contribution >= 0.6 is 0 Å². The molecule has 0 radical (unpaired) electrons. The highest BCUT2D eigenvalue weighted by molar-refractivity contribution is 6.60. The summed E-state index contributed by atoms with van der Waals surface area (Å²) in [4.78, 5) is 77.1. The lowest BCUT2D eigenvalue weighted by atomic mass is 9.75. The number of amides is 6. The largest absolute Gasteiger partial charge is 0.488 e. The molecule has 0 aliphatic carbocycles. The van der Waals surface area contributed by atoms with E-state index >= 15 is 0 Å². The van der Waals surface area contributed by atoms with Gasteiger partial charge in [0.15, 0.2) is 0 Å². The van der Waals surface area contributed by atoms with Crippen LogP contribution in [0.3, 0.4) is 0 Å². The van der Waals surface area contributed by atoms with Gasteiger partial charge < -0.3 is 110 Å². The van der Waals surface area contributed by atoms with Gasteiger partial charge in [0.25, 0.3) is 11.8 Å². The zero-order valence-electron chi connectivity index (χ0n) is 77.8. The van der Waals surface area contributed by atoms with Gasteiger partial charge in [-0.2, -0.15) is 0 Å². The fraction of sp³-hybridized carbons (Fsp3) is 0.655. The van der Waals surface area contributed by atoms with Crippen molar-refractivity contribution in [3.63, 3.8) is 0 Å². The Kier molecular flexibility index (Phi) is 63.2. The molecule has 4 rings (SSSR count). The van der Waals surface area contributed by atoms with Gasteiger partial charge in [0, 0.05) is 90.0 Å². The lowest BCUT2D eigenvalue weighted by molar-refractivity contribution is -0.130. The number of benzene rings is 4. The third kappa shape index (κ3) is 50.6. The van der Waals surface area contributed by atoms with Crippen LogP contribution in [0.2, 0.25) is 0 Å². The third-order valence-electron chi connectivity index (χ3n) is 20.7.